The summed E-state index contributed by atoms with van der Waals surface area (Å²) in [6, 6.07) is 26.9. The number of likely N-dealkylation sites (N-methyl/N-ethyl adjacent to an activating group) is 1. The molecule has 0 unspecified atom stereocenters. The molecule has 6 rings (SSSR count). The molecule has 9 nitrogen and oxygen atoms in total. The number of benzene rings is 3. The third-order valence-electron chi connectivity index (χ3n) is 6.88. The lowest BCUT2D eigenvalue weighted by Crippen LogP contribution is -2.28. The summed E-state index contributed by atoms with van der Waals surface area (Å²) in [5.74, 6) is 0.375. The highest BCUT2D eigenvalue weighted by atomic mass is 16.3. The molecule has 0 atom stereocenters. The van der Waals surface area contributed by atoms with E-state index in [4.69, 9.17) is 4.98 Å². The summed E-state index contributed by atoms with van der Waals surface area (Å²) in [7, 11) is 3.92. The molecule has 41 heavy (non-hydrogen) atoms. The van der Waals surface area contributed by atoms with Crippen molar-refractivity contribution in [3.63, 3.8) is 0 Å². The monoisotopic (exact) mass is 543 g/mol. The predicted molar refractivity (Wildman–Crippen MR) is 161 cm³/mol. The third-order valence-corrected chi connectivity index (χ3v) is 6.88. The van der Waals surface area contributed by atoms with E-state index in [1.54, 1.807) is 28.8 Å². The molecule has 3 aromatic heterocycles. The molecule has 0 saturated heterocycles. The van der Waals surface area contributed by atoms with Gasteiger partial charge >= 0.3 is 0 Å². The second kappa shape index (κ2) is 11.1. The third kappa shape index (κ3) is 5.75. The molecule has 0 aliphatic heterocycles. The quantitative estimate of drug-likeness (QED) is 0.297. The molecule has 3 heterocycles. The Morgan fingerprint density at radius 2 is 1.78 bits per heavy atom. The van der Waals surface area contributed by atoms with E-state index in [1.165, 1.54) is 4.80 Å². The Balaban J connectivity index is 1.25. The molecule has 1 N–H and O–H groups in total. The number of tetrazole rings is 1. The van der Waals surface area contributed by atoms with Gasteiger partial charge in [0.15, 0.2) is 0 Å². The van der Waals surface area contributed by atoms with Gasteiger partial charge in [-0.05, 0) is 79.0 Å². The Labute approximate surface area is 236 Å². The van der Waals surface area contributed by atoms with Crippen molar-refractivity contribution in [2.75, 3.05) is 20.6 Å². The fourth-order valence-corrected chi connectivity index (χ4v) is 4.79. The molecule has 0 amide bonds. The number of hydrogen-bond acceptors (Lipinski definition) is 7. The average molecular weight is 544 g/mol. The van der Waals surface area contributed by atoms with E-state index in [9.17, 15) is 9.90 Å². The van der Waals surface area contributed by atoms with E-state index in [0.717, 1.165) is 38.6 Å². The van der Waals surface area contributed by atoms with Crippen molar-refractivity contribution in [3.8, 4) is 17.1 Å². The van der Waals surface area contributed by atoms with Crippen molar-refractivity contribution < 1.29 is 5.11 Å². The number of aromatic nitrogens is 6. The number of hydrogen-bond donors (Lipinski definition) is 1. The van der Waals surface area contributed by atoms with Gasteiger partial charge in [0.05, 0.1) is 28.8 Å². The molecule has 6 aromatic rings. The largest absolute Gasteiger partial charge is 0.508 e. The Morgan fingerprint density at radius 3 is 2.66 bits per heavy atom. The zero-order valence-corrected chi connectivity index (χ0v) is 22.8. The van der Waals surface area contributed by atoms with Crippen molar-refractivity contribution in [1.82, 2.24) is 34.7 Å². The molecule has 9 heteroatoms. The summed E-state index contributed by atoms with van der Waals surface area (Å²) in [6.07, 6.45) is 4.03. The SMILES string of the molecule is CN(C)CCn1c(=O)c(-c2nnn(Cc3cccc(C=Cc4ccc5ccccc5n4)c3)n2)cc2cc(O)ccc21. The van der Waals surface area contributed by atoms with E-state index < -0.39 is 0 Å². The van der Waals surface area contributed by atoms with Gasteiger partial charge in [0.1, 0.15) is 5.75 Å². The first kappa shape index (κ1) is 26.1. The lowest BCUT2D eigenvalue weighted by Gasteiger charge is -2.15. The smallest absolute Gasteiger partial charge is 0.262 e. The van der Waals surface area contributed by atoms with Gasteiger partial charge in [-0.2, -0.15) is 4.80 Å². The molecule has 0 saturated carbocycles. The minimum Gasteiger partial charge on any atom is -0.508 e. The van der Waals surface area contributed by atoms with Gasteiger partial charge in [0, 0.05) is 23.9 Å². The standard InChI is InChI=1S/C32H29N7O2/c1-37(2)16-17-38-30-15-14-27(40)19-25(30)20-28(32(38)41)31-34-36-39(35-31)21-23-7-5-6-22(18-23)10-12-26-13-11-24-8-3-4-9-29(24)33-26/h3-15,18-20,40H,16-17,21H2,1-2H3. The molecular weight excluding hydrogens is 514 g/mol. The number of rotatable bonds is 8. The minimum absolute atomic E-state index is 0.128. The van der Waals surface area contributed by atoms with E-state index >= 15 is 0 Å². The van der Waals surface area contributed by atoms with Gasteiger partial charge < -0.3 is 14.6 Å². The Kier molecular flexibility index (Phi) is 7.09. The highest BCUT2D eigenvalue weighted by Crippen LogP contribution is 2.23. The van der Waals surface area contributed by atoms with Crippen LogP contribution < -0.4 is 5.56 Å². The van der Waals surface area contributed by atoms with Gasteiger partial charge in [0.2, 0.25) is 5.82 Å². The summed E-state index contributed by atoms with van der Waals surface area (Å²) in [4.78, 5) is 21.7. The van der Waals surface area contributed by atoms with E-state index in [-0.39, 0.29) is 17.1 Å². The number of pyridine rings is 2. The number of nitrogens with zero attached hydrogens (tertiary/aromatic N) is 7. The van der Waals surface area contributed by atoms with Crippen LogP contribution in [-0.2, 0) is 13.1 Å². The van der Waals surface area contributed by atoms with Crippen molar-refractivity contribution in [1.29, 1.82) is 0 Å². The summed E-state index contributed by atoms with van der Waals surface area (Å²) in [5, 5.41) is 24.9. The fraction of sp³-hybridized carbons (Fsp3) is 0.156. The van der Waals surface area contributed by atoms with Crippen LogP contribution in [0.1, 0.15) is 16.8 Å². The molecular formula is C32H29N7O2. The molecule has 0 fully saturated rings. The number of phenolic OH excluding ortho intramolecular Hbond substituents is 1. The summed E-state index contributed by atoms with van der Waals surface area (Å²) in [6.45, 7) is 1.57. The zero-order chi connectivity index (χ0) is 28.3. The maximum atomic E-state index is 13.5. The molecule has 0 radical (unpaired) electrons. The van der Waals surface area contributed by atoms with Crippen LogP contribution in [0.3, 0.4) is 0 Å². The van der Waals surface area contributed by atoms with Crippen molar-refractivity contribution in [2.45, 2.75) is 13.1 Å². The second-order valence-corrected chi connectivity index (χ2v) is 10.2. The summed E-state index contributed by atoms with van der Waals surface area (Å²) >= 11 is 0. The molecule has 0 aliphatic rings. The van der Waals surface area contributed by atoms with Crippen LogP contribution in [0.15, 0.2) is 89.7 Å². The maximum Gasteiger partial charge on any atom is 0.262 e. The Bertz CT molecular complexity index is 1960. The van der Waals surface area contributed by atoms with Crippen LogP contribution in [0.5, 0.6) is 5.75 Å². The first-order valence-corrected chi connectivity index (χ1v) is 13.4. The molecule has 3 aromatic carbocycles. The van der Waals surface area contributed by atoms with Gasteiger partial charge in [-0.15, -0.1) is 10.2 Å². The second-order valence-electron chi connectivity index (χ2n) is 10.2. The van der Waals surface area contributed by atoms with Crippen LogP contribution in [0, 0.1) is 0 Å². The zero-order valence-electron chi connectivity index (χ0n) is 22.8. The predicted octanol–water partition coefficient (Wildman–Crippen LogP) is 4.69. The van der Waals surface area contributed by atoms with Gasteiger partial charge in [-0.1, -0.05) is 48.5 Å². The van der Waals surface area contributed by atoms with Crippen LogP contribution in [0.2, 0.25) is 0 Å². The number of fused-ring (bicyclic) bond motifs is 2. The average Bonchev–Trinajstić information content (AvgIpc) is 3.43. The highest BCUT2D eigenvalue weighted by molar-refractivity contribution is 5.84. The number of para-hydroxylation sites is 1. The van der Waals surface area contributed by atoms with Crippen LogP contribution >= 0.6 is 0 Å². The topological polar surface area (TPSA) is 102 Å². The van der Waals surface area contributed by atoms with E-state index in [0.29, 0.717) is 25.2 Å². The molecule has 0 aliphatic carbocycles. The van der Waals surface area contributed by atoms with Crippen LogP contribution in [-0.4, -0.2) is 60.4 Å². The van der Waals surface area contributed by atoms with Crippen LogP contribution in [0.4, 0.5) is 0 Å². The van der Waals surface area contributed by atoms with Gasteiger partial charge in [-0.3, -0.25) is 4.79 Å². The molecule has 204 valence electrons. The number of phenols is 1. The first-order valence-electron chi connectivity index (χ1n) is 13.4. The summed E-state index contributed by atoms with van der Waals surface area (Å²) < 4.78 is 1.70. The molecule has 0 bridgehead atoms. The lowest BCUT2D eigenvalue weighted by atomic mass is 10.1. The Hall–Kier alpha value is -5.15. The first-order chi connectivity index (χ1) is 19.9. The Morgan fingerprint density at radius 1 is 0.902 bits per heavy atom. The van der Waals surface area contributed by atoms with Crippen molar-refractivity contribution in [3.05, 3.63) is 112 Å². The van der Waals surface area contributed by atoms with E-state index in [1.807, 2.05) is 73.6 Å². The van der Waals surface area contributed by atoms with E-state index in [2.05, 4.69) is 33.6 Å². The van der Waals surface area contributed by atoms with Crippen molar-refractivity contribution in [2.24, 2.45) is 0 Å². The lowest BCUT2D eigenvalue weighted by molar-refractivity contribution is 0.384. The maximum absolute atomic E-state index is 13.5. The number of aromatic hydroxyl groups is 1. The van der Waals surface area contributed by atoms with Gasteiger partial charge in [0.25, 0.3) is 5.56 Å². The summed E-state index contributed by atoms with van der Waals surface area (Å²) in [5.41, 5.74) is 4.76. The van der Waals surface area contributed by atoms with Crippen molar-refractivity contribution >= 4 is 34.0 Å². The fourth-order valence-electron chi connectivity index (χ4n) is 4.79. The molecule has 0 spiro atoms. The normalized spacial score (nSPS) is 11.8. The van der Waals surface area contributed by atoms with Crippen LogP contribution in [0.25, 0.3) is 45.3 Å². The highest BCUT2D eigenvalue weighted by Gasteiger charge is 2.16. The van der Waals surface area contributed by atoms with Gasteiger partial charge in [-0.25, -0.2) is 4.98 Å². The minimum atomic E-state index is -0.195.